The molecule has 0 radical (unpaired) electrons. The van der Waals surface area contributed by atoms with E-state index in [4.69, 9.17) is 0 Å². The predicted octanol–water partition coefficient (Wildman–Crippen LogP) is 3.23. The van der Waals surface area contributed by atoms with Crippen LogP contribution in [0.15, 0.2) is 30.5 Å². The Morgan fingerprint density at radius 1 is 1.18 bits per heavy atom. The number of carbonyl (C=O) groups excluding carboxylic acids is 2. The summed E-state index contributed by atoms with van der Waals surface area (Å²) in [4.78, 5) is 37.8. The highest BCUT2D eigenvalue weighted by Crippen LogP contribution is 2.40. The summed E-state index contributed by atoms with van der Waals surface area (Å²) in [6.07, 6.45) is 4.61. The molecule has 28 heavy (non-hydrogen) atoms. The lowest BCUT2D eigenvalue weighted by molar-refractivity contribution is 0.0971. The number of pyridine rings is 2. The van der Waals surface area contributed by atoms with Crippen LogP contribution in [0.5, 0.6) is 0 Å². The molecule has 3 aliphatic rings. The fourth-order valence-corrected chi connectivity index (χ4v) is 3.94. The van der Waals surface area contributed by atoms with Crippen LogP contribution in [0.2, 0.25) is 0 Å². The van der Waals surface area contributed by atoms with Gasteiger partial charge in [-0.25, -0.2) is 19.2 Å². The topological polar surface area (TPSA) is 78.4 Å². The fraction of sp³-hybridized carbons (Fsp3) is 0.400. The number of fused-ring (bicyclic) bond motifs is 4. The number of aromatic nitrogens is 2. The van der Waals surface area contributed by atoms with Crippen molar-refractivity contribution in [3.63, 3.8) is 0 Å². The minimum absolute atomic E-state index is 0.0192. The minimum Gasteiger partial charge on any atom is -0.366 e. The first-order valence-corrected chi connectivity index (χ1v) is 9.59. The number of rotatable bonds is 4. The van der Waals surface area contributed by atoms with E-state index in [9.17, 15) is 14.0 Å². The molecule has 1 saturated carbocycles. The molecule has 8 heteroatoms. The third kappa shape index (κ3) is 3.08. The van der Waals surface area contributed by atoms with Gasteiger partial charge in [0.2, 0.25) is 0 Å². The molecule has 7 nitrogen and oxygen atoms in total. The molecular formula is C20H20FN5O2. The Balaban J connectivity index is 1.45. The van der Waals surface area contributed by atoms with Gasteiger partial charge in [0, 0.05) is 19.5 Å². The van der Waals surface area contributed by atoms with E-state index >= 15 is 0 Å². The molecule has 144 valence electrons. The number of ketones is 1. The summed E-state index contributed by atoms with van der Waals surface area (Å²) in [5.74, 6) is 0.825. The van der Waals surface area contributed by atoms with E-state index in [1.54, 1.807) is 11.0 Å². The van der Waals surface area contributed by atoms with Gasteiger partial charge in [0.15, 0.2) is 11.6 Å². The molecule has 0 aromatic carbocycles. The largest absolute Gasteiger partial charge is 0.366 e. The van der Waals surface area contributed by atoms with Gasteiger partial charge in [-0.2, -0.15) is 0 Å². The van der Waals surface area contributed by atoms with Gasteiger partial charge in [0.05, 0.1) is 17.9 Å². The van der Waals surface area contributed by atoms with Crippen molar-refractivity contribution in [2.45, 2.75) is 31.7 Å². The molecule has 1 saturated heterocycles. The van der Waals surface area contributed by atoms with Gasteiger partial charge < -0.3 is 4.90 Å². The lowest BCUT2D eigenvalue weighted by Gasteiger charge is -2.35. The molecule has 5 rings (SSSR count). The maximum absolute atomic E-state index is 13.1. The van der Waals surface area contributed by atoms with Gasteiger partial charge in [0.25, 0.3) is 0 Å². The van der Waals surface area contributed by atoms with E-state index < -0.39 is 5.82 Å². The maximum Gasteiger partial charge on any atom is 0.329 e. The molecular weight excluding hydrogens is 361 g/mol. The molecule has 0 spiro atoms. The number of hydrogen-bond acceptors (Lipinski definition) is 5. The number of anilines is 3. The van der Waals surface area contributed by atoms with Crippen molar-refractivity contribution in [1.29, 1.82) is 0 Å². The molecule has 2 fully saturated rings. The predicted molar refractivity (Wildman–Crippen MR) is 102 cm³/mol. The summed E-state index contributed by atoms with van der Waals surface area (Å²) in [6, 6.07) is 5.93. The van der Waals surface area contributed by atoms with Crippen LogP contribution in [0, 0.1) is 11.7 Å². The monoisotopic (exact) mass is 381 g/mol. The van der Waals surface area contributed by atoms with Crippen LogP contribution in [-0.2, 0) is 0 Å². The van der Waals surface area contributed by atoms with Crippen LogP contribution in [0.3, 0.4) is 0 Å². The summed E-state index contributed by atoms with van der Waals surface area (Å²) in [5.41, 5.74) is 1.27. The number of carbonyl (C=O) groups is 2. The summed E-state index contributed by atoms with van der Waals surface area (Å²) < 4.78 is 13.1. The van der Waals surface area contributed by atoms with Crippen LogP contribution < -0.4 is 15.1 Å². The second-order valence-electron chi connectivity index (χ2n) is 7.66. The number of amides is 2. The van der Waals surface area contributed by atoms with Crippen molar-refractivity contribution in [2.75, 3.05) is 28.2 Å². The molecule has 1 aliphatic carbocycles. The van der Waals surface area contributed by atoms with E-state index in [1.807, 2.05) is 6.07 Å². The first kappa shape index (κ1) is 17.1. The van der Waals surface area contributed by atoms with E-state index in [1.165, 1.54) is 12.1 Å². The van der Waals surface area contributed by atoms with E-state index in [0.29, 0.717) is 23.9 Å². The third-order valence-corrected chi connectivity index (χ3v) is 5.59. The first-order chi connectivity index (χ1) is 13.6. The number of urea groups is 1. The van der Waals surface area contributed by atoms with Crippen LogP contribution in [0.25, 0.3) is 0 Å². The molecule has 2 aliphatic heterocycles. The SMILES string of the molecule is O=C(CC1CC1)c1ccc2c(n1)N(C(=O)Nc1ccc(F)cn1)[C@H]1CCN2C1. The second kappa shape index (κ2) is 6.54. The maximum atomic E-state index is 13.1. The Morgan fingerprint density at radius 2 is 2.04 bits per heavy atom. The number of nitrogens with one attached hydrogen (secondary N) is 1. The normalized spacial score (nSPS) is 20.1. The number of hydrogen-bond donors (Lipinski definition) is 1. The molecule has 2 aromatic heterocycles. The summed E-state index contributed by atoms with van der Waals surface area (Å²) in [5, 5.41) is 2.72. The van der Waals surface area contributed by atoms with Gasteiger partial charge >= 0.3 is 6.03 Å². The lowest BCUT2D eigenvalue weighted by atomic mass is 10.1. The molecule has 1 atom stereocenters. The van der Waals surface area contributed by atoms with Crippen molar-refractivity contribution in [2.24, 2.45) is 5.92 Å². The Morgan fingerprint density at radius 3 is 2.79 bits per heavy atom. The first-order valence-electron chi connectivity index (χ1n) is 9.59. The van der Waals surface area contributed by atoms with Crippen molar-refractivity contribution >= 4 is 29.1 Å². The van der Waals surface area contributed by atoms with Crippen molar-refractivity contribution in [3.05, 3.63) is 42.0 Å². The molecule has 1 N–H and O–H groups in total. The number of nitrogens with zero attached hydrogens (tertiary/aromatic N) is 4. The van der Waals surface area contributed by atoms with Crippen molar-refractivity contribution in [1.82, 2.24) is 9.97 Å². The second-order valence-corrected chi connectivity index (χ2v) is 7.66. The Hall–Kier alpha value is -3.03. The van der Waals surface area contributed by atoms with Crippen LogP contribution >= 0.6 is 0 Å². The van der Waals surface area contributed by atoms with Gasteiger partial charge in [-0.3, -0.25) is 15.0 Å². The molecule has 4 heterocycles. The summed E-state index contributed by atoms with van der Waals surface area (Å²) >= 11 is 0. The molecule has 2 bridgehead atoms. The molecule has 2 amide bonds. The van der Waals surface area contributed by atoms with Gasteiger partial charge in [-0.15, -0.1) is 0 Å². The third-order valence-electron chi connectivity index (χ3n) is 5.59. The standard InChI is InChI=1S/C20H20FN5O2/c21-13-3-6-18(22-10-13)24-20(28)26-14-7-8-25(11-14)16-5-4-15(23-19(16)26)17(27)9-12-1-2-12/h3-6,10,12,14H,1-2,7-9,11H2,(H,22,24,28)/t14-/m0/s1. The highest BCUT2D eigenvalue weighted by molar-refractivity contribution is 6.05. The fourth-order valence-electron chi connectivity index (χ4n) is 3.94. The van der Waals surface area contributed by atoms with Gasteiger partial charge in [-0.05, 0) is 49.4 Å². The van der Waals surface area contributed by atoms with Crippen LogP contribution in [-0.4, -0.2) is 40.9 Å². The van der Waals surface area contributed by atoms with Crippen molar-refractivity contribution < 1.29 is 14.0 Å². The van der Waals surface area contributed by atoms with Gasteiger partial charge in [0.1, 0.15) is 17.3 Å². The van der Waals surface area contributed by atoms with E-state index in [-0.39, 0.29) is 23.7 Å². The summed E-state index contributed by atoms with van der Waals surface area (Å²) in [7, 11) is 0. The van der Waals surface area contributed by atoms with Crippen LogP contribution in [0.4, 0.5) is 26.5 Å². The zero-order chi connectivity index (χ0) is 19.3. The quantitative estimate of drug-likeness (QED) is 0.823. The zero-order valence-electron chi connectivity index (χ0n) is 15.3. The Labute approximate surface area is 161 Å². The minimum atomic E-state index is -0.465. The molecule has 2 aromatic rings. The molecule has 0 unspecified atom stereocenters. The summed E-state index contributed by atoms with van der Waals surface area (Å²) in [6.45, 7) is 1.57. The highest BCUT2D eigenvalue weighted by Gasteiger charge is 2.40. The average Bonchev–Trinajstić information content (AvgIpc) is 3.41. The van der Waals surface area contributed by atoms with Gasteiger partial charge in [-0.1, -0.05) is 0 Å². The highest BCUT2D eigenvalue weighted by atomic mass is 19.1. The average molecular weight is 381 g/mol. The van der Waals surface area contributed by atoms with Crippen molar-refractivity contribution in [3.8, 4) is 0 Å². The Bertz CT molecular complexity index is 944. The smallest absolute Gasteiger partial charge is 0.329 e. The van der Waals surface area contributed by atoms with Crippen LogP contribution in [0.1, 0.15) is 36.2 Å². The zero-order valence-corrected chi connectivity index (χ0v) is 15.3. The number of Topliss-reactive ketones (excluding diaryl/α,β-unsaturated/α-hetero) is 1. The Kier molecular flexibility index (Phi) is 3.99. The lowest BCUT2D eigenvalue weighted by Crippen LogP contribution is -2.48. The number of halogens is 1. The van der Waals surface area contributed by atoms with E-state index in [2.05, 4.69) is 20.2 Å². The van der Waals surface area contributed by atoms with E-state index in [0.717, 1.165) is 44.2 Å².